The molecular formula is C15H20N6S. The molecule has 1 aliphatic rings. The number of anilines is 1. The lowest BCUT2D eigenvalue weighted by atomic mass is 10.2. The number of aromatic nitrogens is 4. The van der Waals surface area contributed by atoms with Crippen LogP contribution in [0.3, 0.4) is 0 Å². The Bertz CT molecular complexity index is 732. The minimum Gasteiger partial charge on any atom is -0.382 e. The number of piperidine rings is 1. The van der Waals surface area contributed by atoms with E-state index in [-0.39, 0.29) is 0 Å². The average molecular weight is 316 g/mol. The van der Waals surface area contributed by atoms with Crippen LogP contribution >= 0.6 is 11.3 Å². The van der Waals surface area contributed by atoms with Gasteiger partial charge in [0, 0.05) is 11.1 Å². The zero-order valence-electron chi connectivity index (χ0n) is 12.6. The molecule has 3 aromatic heterocycles. The molecule has 0 aliphatic carbocycles. The third kappa shape index (κ3) is 3.42. The molecule has 116 valence electrons. The maximum atomic E-state index is 5.61. The third-order valence-electron chi connectivity index (χ3n) is 3.45. The predicted molar refractivity (Wildman–Crippen MR) is 90.0 cm³/mol. The summed E-state index contributed by atoms with van der Waals surface area (Å²) in [5.41, 5.74) is 7.27. The lowest BCUT2D eigenvalue weighted by Crippen LogP contribution is -2.21. The second-order valence-corrected chi connectivity index (χ2v) is 6.49. The van der Waals surface area contributed by atoms with Gasteiger partial charge in [-0.3, -0.25) is 9.38 Å². The molecule has 1 fully saturated rings. The van der Waals surface area contributed by atoms with E-state index in [1.54, 1.807) is 23.7 Å². The summed E-state index contributed by atoms with van der Waals surface area (Å²) in [6.07, 6.45) is 11.3. The maximum Gasteiger partial charge on any atom is 0.194 e. The van der Waals surface area contributed by atoms with Crippen LogP contribution in [0, 0.1) is 6.92 Å². The molecule has 1 saturated heterocycles. The van der Waals surface area contributed by atoms with E-state index in [0.717, 1.165) is 16.3 Å². The third-order valence-corrected chi connectivity index (χ3v) is 4.36. The first-order chi connectivity index (χ1) is 10.7. The second kappa shape index (κ2) is 6.85. The molecule has 0 radical (unpaired) electrons. The SMILES string of the molecule is C1CCNCC1.Cc1cn2c(-c3cncc(N)n3)cnc2s1. The first-order valence-corrected chi connectivity index (χ1v) is 8.28. The molecule has 0 amide bonds. The van der Waals surface area contributed by atoms with Crippen LogP contribution in [-0.2, 0) is 0 Å². The van der Waals surface area contributed by atoms with E-state index in [1.165, 1.54) is 43.4 Å². The van der Waals surface area contributed by atoms with Gasteiger partial charge >= 0.3 is 0 Å². The maximum absolute atomic E-state index is 5.61. The van der Waals surface area contributed by atoms with E-state index in [1.807, 2.05) is 17.5 Å². The van der Waals surface area contributed by atoms with Crippen molar-refractivity contribution < 1.29 is 0 Å². The zero-order valence-corrected chi connectivity index (χ0v) is 13.4. The second-order valence-electron chi connectivity index (χ2n) is 5.28. The Labute approximate surface area is 133 Å². The number of thiazole rings is 1. The van der Waals surface area contributed by atoms with Crippen molar-refractivity contribution in [2.75, 3.05) is 18.8 Å². The number of nitrogens with two attached hydrogens (primary N) is 1. The first kappa shape index (κ1) is 14.9. The number of nitrogens with one attached hydrogen (secondary N) is 1. The van der Waals surface area contributed by atoms with Crippen molar-refractivity contribution in [1.82, 2.24) is 24.7 Å². The molecule has 0 bridgehead atoms. The highest BCUT2D eigenvalue weighted by molar-refractivity contribution is 7.17. The number of rotatable bonds is 1. The van der Waals surface area contributed by atoms with Crippen LogP contribution in [0.25, 0.3) is 16.3 Å². The zero-order chi connectivity index (χ0) is 15.4. The number of imidazole rings is 1. The molecule has 6 nitrogen and oxygen atoms in total. The summed E-state index contributed by atoms with van der Waals surface area (Å²) >= 11 is 1.64. The van der Waals surface area contributed by atoms with Crippen LogP contribution in [0.1, 0.15) is 24.1 Å². The summed E-state index contributed by atoms with van der Waals surface area (Å²) in [7, 11) is 0. The van der Waals surface area contributed by atoms with Crippen molar-refractivity contribution in [2.45, 2.75) is 26.2 Å². The van der Waals surface area contributed by atoms with Crippen LogP contribution in [0.5, 0.6) is 0 Å². The highest BCUT2D eigenvalue weighted by atomic mass is 32.1. The lowest BCUT2D eigenvalue weighted by molar-refractivity contribution is 0.520. The van der Waals surface area contributed by atoms with Crippen LogP contribution in [-0.4, -0.2) is 32.4 Å². The Morgan fingerprint density at radius 3 is 2.64 bits per heavy atom. The molecule has 7 heteroatoms. The van der Waals surface area contributed by atoms with E-state index in [4.69, 9.17) is 5.73 Å². The molecule has 0 saturated carbocycles. The normalized spacial score (nSPS) is 14.6. The molecule has 22 heavy (non-hydrogen) atoms. The minimum atomic E-state index is 0.416. The quantitative estimate of drug-likeness (QED) is 0.721. The van der Waals surface area contributed by atoms with E-state index >= 15 is 0 Å². The molecule has 0 spiro atoms. The van der Waals surface area contributed by atoms with Crippen molar-refractivity contribution in [1.29, 1.82) is 0 Å². The van der Waals surface area contributed by atoms with Crippen molar-refractivity contribution >= 4 is 22.1 Å². The van der Waals surface area contributed by atoms with Gasteiger partial charge in [0.15, 0.2) is 4.96 Å². The molecule has 1 aliphatic heterocycles. The Morgan fingerprint density at radius 2 is 2.00 bits per heavy atom. The summed E-state index contributed by atoms with van der Waals surface area (Å²) in [6, 6.07) is 0. The van der Waals surface area contributed by atoms with E-state index in [9.17, 15) is 0 Å². The molecule has 3 aromatic rings. The highest BCUT2D eigenvalue weighted by Gasteiger charge is 2.09. The fourth-order valence-corrected chi connectivity index (χ4v) is 3.19. The summed E-state index contributed by atoms with van der Waals surface area (Å²) in [5, 5.41) is 3.28. The molecule has 4 heterocycles. The first-order valence-electron chi connectivity index (χ1n) is 7.46. The summed E-state index contributed by atoms with van der Waals surface area (Å²) < 4.78 is 2.00. The molecule has 0 atom stereocenters. The number of nitrogen functional groups attached to an aromatic ring is 1. The fourth-order valence-electron chi connectivity index (χ4n) is 2.39. The number of aryl methyl sites for hydroxylation is 1. The Kier molecular flexibility index (Phi) is 4.65. The van der Waals surface area contributed by atoms with Gasteiger partial charge in [-0.15, -0.1) is 11.3 Å². The minimum absolute atomic E-state index is 0.416. The number of fused-ring (bicyclic) bond motifs is 1. The van der Waals surface area contributed by atoms with Gasteiger partial charge in [0.1, 0.15) is 11.5 Å². The van der Waals surface area contributed by atoms with Gasteiger partial charge < -0.3 is 11.1 Å². The monoisotopic (exact) mass is 316 g/mol. The van der Waals surface area contributed by atoms with Crippen molar-refractivity contribution in [3.8, 4) is 11.4 Å². The Hall–Kier alpha value is -1.99. The molecule has 0 aromatic carbocycles. The highest BCUT2D eigenvalue weighted by Crippen LogP contribution is 2.23. The summed E-state index contributed by atoms with van der Waals surface area (Å²) in [6.45, 7) is 4.55. The van der Waals surface area contributed by atoms with Crippen molar-refractivity contribution in [3.63, 3.8) is 0 Å². The van der Waals surface area contributed by atoms with Gasteiger partial charge in [0.2, 0.25) is 0 Å². The summed E-state index contributed by atoms with van der Waals surface area (Å²) in [4.78, 5) is 14.7. The number of hydrogen-bond acceptors (Lipinski definition) is 6. The molecule has 4 rings (SSSR count). The van der Waals surface area contributed by atoms with Gasteiger partial charge in [0.05, 0.1) is 24.3 Å². The van der Waals surface area contributed by atoms with Gasteiger partial charge in [-0.1, -0.05) is 6.42 Å². The molecular weight excluding hydrogens is 296 g/mol. The lowest BCUT2D eigenvalue weighted by Gasteiger charge is -2.08. The molecule has 0 unspecified atom stereocenters. The fraction of sp³-hybridized carbons (Fsp3) is 0.400. The smallest absolute Gasteiger partial charge is 0.194 e. The van der Waals surface area contributed by atoms with Crippen molar-refractivity contribution in [3.05, 3.63) is 29.7 Å². The Balaban J connectivity index is 0.000000202. The summed E-state index contributed by atoms with van der Waals surface area (Å²) in [5.74, 6) is 0.416. The van der Waals surface area contributed by atoms with E-state index in [0.29, 0.717) is 5.82 Å². The largest absolute Gasteiger partial charge is 0.382 e. The van der Waals surface area contributed by atoms with Gasteiger partial charge in [-0.2, -0.15) is 0 Å². The number of nitrogens with zero attached hydrogens (tertiary/aromatic N) is 4. The van der Waals surface area contributed by atoms with Crippen LogP contribution in [0.4, 0.5) is 5.82 Å². The van der Waals surface area contributed by atoms with E-state index in [2.05, 4.69) is 20.3 Å². The standard InChI is InChI=1S/C10H9N5S.C5H11N/c1-6-5-15-8(3-13-10(15)16-6)7-2-12-4-9(11)14-7;1-2-4-6-5-3-1/h2-5H,1H3,(H2,11,14);6H,1-5H2. The van der Waals surface area contributed by atoms with Gasteiger partial charge in [-0.05, 0) is 32.9 Å². The Morgan fingerprint density at radius 1 is 1.18 bits per heavy atom. The van der Waals surface area contributed by atoms with Crippen LogP contribution in [0.15, 0.2) is 24.8 Å². The topological polar surface area (TPSA) is 81.1 Å². The van der Waals surface area contributed by atoms with Gasteiger partial charge in [-0.25, -0.2) is 9.97 Å². The number of hydrogen-bond donors (Lipinski definition) is 2. The predicted octanol–water partition coefficient (Wildman–Crippen LogP) is 2.50. The van der Waals surface area contributed by atoms with Crippen LogP contribution in [0.2, 0.25) is 0 Å². The van der Waals surface area contributed by atoms with E-state index < -0.39 is 0 Å². The van der Waals surface area contributed by atoms with Crippen LogP contribution < -0.4 is 11.1 Å². The molecule has 3 N–H and O–H groups in total. The van der Waals surface area contributed by atoms with Gasteiger partial charge in [0.25, 0.3) is 0 Å². The van der Waals surface area contributed by atoms with Crippen molar-refractivity contribution in [2.24, 2.45) is 0 Å². The average Bonchev–Trinajstić information content (AvgIpc) is 3.08.